The van der Waals surface area contributed by atoms with E-state index in [2.05, 4.69) is 10.6 Å². The minimum atomic E-state index is -4.48. The zero-order valence-electron chi connectivity index (χ0n) is 24.9. The molecule has 2 amide bonds. The molecule has 236 valence electrons. The molecule has 0 heterocycles. The van der Waals surface area contributed by atoms with Crippen LogP contribution in [0.3, 0.4) is 0 Å². The largest absolute Gasteiger partial charge is 0.416 e. The smallest absolute Gasteiger partial charge is 0.390 e. The summed E-state index contributed by atoms with van der Waals surface area (Å²) < 4.78 is 54.2. The fraction of sp³-hybridized carbons (Fsp3) is 0.257. The van der Waals surface area contributed by atoms with Crippen molar-refractivity contribution >= 4 is 11.8 Å². The summed E-state index contributed by atoms with van der Waals surface area (Å²) in [5.74, 6) is -2.06. The first-order chi connectivity index (χ1) is 21.4. The number of hydrogen-bond acceptors (Lipinski definition) is 4. The van der Waals surface area contributed by atoms with Gasteiger partial charge in [0.2, 0.25) is 0 Å². The zero-order chi connectivity index (χ0) is 32.6. The summed E-state index contributed by atoms with van der Waals surface area (Å²) in [5.41, 5.74) is 1.06. The second kappa shape index (κ2) is 15.0. The van der Waals surface area contributed by atoms with Gasteiger partial charge in [-0.3, -0.25) is 9.59 Å². The predicted octanol–water partition coefficient (Wildman–Crippen LogP) is 6.17. The van der Waals surface area contributed by atoms with Crippen molar-refractivity contribution in [1.29, 1.82) is 0 Å². The maximum atomic E-state index is 15.0. The minimum Gasteiger partial charge on any atom is -0.390 e. The number of aliphatic hydroxyl groups excluding tert-OH is 1. The van der Waals surface area contributed by atoms with Gasteiger partial charge >= 0.3 is 6.18 Å². The number of nitrogens with one attached hydrogen (secondary N) is 2. The Labute approximate surface area is 259 Å². The predicted molar refractivity (Wildman–Crippen MR) is 164 cm³/mol. The van der Waals surface area contributed by atoms with Crippen molar-refractivity contribution in [1.82, 2.24) is 15.5 Å². The summed E-state index contributed by atoms with van der Waals surface area (Å²) in [6.07, 6.45) is -5.48. The number of alkyl halides is 3. The van der Waals surface area contributed by atoms with E-state index in [4.69, 9.17) is 0 Å². The van der Waals surface area contributed by atoms with Crippen molar-refractivity contribution in [3.63, 3.8) is 0 Å². The zero-order valence-corrected chi connectivity index (χ0v) is 24.9. The lowest BCUT2D eigenvalue weighted by molar-refractivity contribution is -0.137. The van der Waals surface area contributed by atoms with Crippen molar-refractivity contribution in [3.05, 3.63) is 142 Å². The van der Waals surface area contributed by atoms with Gasteiger partial charge in [-0.2, -0.15) is 13.2 Å². The highest BCUT2D eigenvalue weighted by molar-refractivity contribution is 6.00. The number of nitrogens with zero attached hydrogens (tertiary/aromatic N) is 1. The Hall–Kier alpha value is -4.54. The molecule has 0 bridgehead atoms. The van der Waals surface area contributed by atoms with E-state index in [0.29, 0.717) is 5.56 Å². The van der Waals surface area contributed by atoms with Crippen molar-refractivity contribution in [2.45, 2.75) is 44.3 Å². The Bertz CT molecular complexity index is 1580. The average molecular weight is 622 g/mol. The Morgan fingerprint density at radius 1 is 0.867 bits per heavy atom. The van der Waals surface area contributed by atoms with Crippen LogP contribution in [0.4, 0.5) is 17.6 Å². The maximum absolute atomic E-state index is 15.0. The van der Waals surface area contributed by atoms with E-state index in [1.807, 2.05) is 55.5 Å². The van der Waals surface area contributed by atoms with Gasteiger partial charge in [0.15, 0.2) is 0 Å². The molecule has 45 heavy (non-hydrogen) atoms. The Morgan fingerprint density at radius 3 is 2.18 bits per heavy atom. The Kier molecular flexibility index (Phi) is 11.1. The number of carbonyl (C=O) groups is 2. The van der Waals surface area contributed by atoms with Gasteiger partial charge in [0.1, 0.15) is 5.82 Å². The number of amides is 2. The first-order valence-electron chi connectivity index (χ1n) is 14.5. The lowest BCUT2D eigenvalue weighted by Crippen LogP contribution is -2.48. The molecule has 10 heteroatoms. The molecule has 4 rings (SSSR count). The van der Waals surface area contributed by atoms with E-state index in [-0.39, 0.29) is 36.7 Å². The minimum absolute atomic E-state index is 0.0424. The van der Waals surface area contributed by atoms with E-state index >= 15 is 0 Å². The van der Waals surface area contributed by atoms with Crippen LogP contribution in [0.2, 0.25) is 0 Å². The van der Waals surface area contributed by atoms with Gasteiger partial charge in [-0.05, 0) is 54.3 Å². The van der Waals surface area contributed by atoms with Crippen molar-refractivity contribution in [3.8, 4) is 0 Å². The third-order valence-corrected chi connectivity index (χ3v) is 7.66. The summed E-state index contributed by atoms with van der Waals surface area (Å²) in [6.45, 7) is 1.83. The first kappa shape index (κ1) is 33.4. The molecule has 0 radical (unpaired) electrons. The SMILES string of the molecule is C[C@H](c1ccccc1)N(C)C(=O)c1ccc(F)c(C(=O)N[C@@H](Cc2ccccc2)[C@H](O)CNCc2cccc(C(F)(F)F)c2)c1. The summed E-state index contributed by atoms with van der Waals surface area (Å²) in [7, 11) is 1.63. The summed E-state index contributed by atoms with van der Waals surface area (Å²) in [6, 6.07) is 25.7. The third-order valence-electron chi connectivity index (χ3n) is 7.66. The highest BCUT2D eigenvalue weighted by Gasteiger charge is 2.30. The van der Waals surface area contributed by atoms with Gasteiger partial charge in [-0.1, -0.05) is 78.9 Å². The molecule has 0 fully saturated rings. The second-order valence-electron chi connectivity index (χ2n) is 10.9. The van der Waals surface area contributed by atoms with Crippen LogP contribution in [0, 0.1) is 5.82 Å². The molecule has 6 nitrogen and oxygen atoms in total. The molecule has 4 aromatic carbocycles. The van der Waals surface area contributed by atoms with Crippen LogP contribution in [0.25, 0.3) is 0 Å². The van der Waals surface area contributed by atoms with Crippen LogP contribution >= 0.6 is 0 Å². The standard InChI is InChI=1S/C35H35F4N3O3/c1-23(26-13-7-4-8-14-26)42(2)34(45)27-16-17-30(36)29(20-27)33(44)41-31(19-24-10-5-3-6-11-24)32(43)22-40-21-25-12-9-15-28(18-25)35(37,38)39/h3-18,20,23,31-32,40,43H,19,21-22H2,1-2H3,(H,41,44)/t23-,31+,32-/m1/s1. The fourth-order valence-electron chi connectivity index (χ4n) is 4.93. The molecule has 4 aromatic rings. The molecule has 3 atom stereocenters. The molecule has 0 spiro atoms. The molecule has 0 aliphatic carbocycles. The summed E-state index contributed by atoms with van der Waals surface area (Å²) in [4.78, 5) is 28.2. The number of carbonyl (C=O) groups excluding carboxylic acids is 2. The van der Waals surface area contributed by atoms with E-state index in [1.165, 1.54) is 29.2 Å². The van der Waals surface area contributed by atoms with Crippen LogP contribution in [-0.4, -0.2) is 47.6 Å². The van der Waals surface area contributed by atoms with Gasteiger partial charge in [-0.25, -0.2) is 4.39 Å². The van der Waals surface area contributed by atoms with E-state index in [0.717, 1.165) is 29.3 Å². The molecule has 3 N–H and O–H groups in total. The van der Waals surface area contributed by atoms with Crippen molar-refractivity contribution in [2.75, 3.05) is 13.6 Å². The molecule has 0 aromatic heterocycles. The topological polar surface area (TPSA) is 81.7 Å². The van der Waals surface area contributed by atoms with E-state index in [1.54, 1.807) is 19.2 Å². The molecular weight excluding hydrogens is 586 g/mol. The van der Waals surface area contributed by atoms with Crippen LogP contribution in [0.15, 0.2) is 103 Å². The van der Waals surface area contributed by atoms with Crippen LogP contribution in [-0.2, 0) is 19.1 Å². The van der Waals surface area contributed by atoms with Crippen molar-refractivity contribution in [2.24, 2.45) is 0 Å². The van der Waals surface area contributed by atoms with Crippen LogP contribution < -0.4 is 10.6 Å². The third kappa shape index (κ3) is 8.99. The van der Waals surface area contributed by atoms with Gasteiger partial charge in [0.25, 0.3) is 11.8 Å². The maximum Gasteiger partial charge on any atom is 0.416 e. The van der Waals surface area contributed by atoms with Crippen LogP contribution in [0.5, 0.6) is 0 Å². The normalized spacial score (nSPS) is 13.5. The van der Waals surface area contributed by atoms with Crippen molar-refractivity contribution < 1.29 is 32.3 Å². The average Bonchev–Trinajstić information content (AvgIpc) is 3.04. The lowest BCUT2D eigenvalue weighted by Gasteiger charge is -2.26. The van der Waals surface area contributed by atoms with Gasteiger partial charge < -0.3 is 20.6 Å². The molecule has 0 aliphatic rings. The monoisotopic (exact) mass is 621 g/mol. The number of aliphatic hydroxyl groups is 1. The summed E-state index contributed by atoms with van der Waals surface area (Å²) in [5, 5.41) is 16.7. The Morgan fingerprint density at radius 2 is 1.51 bits per heavy atom. The fourth-order valence-corrected chi connectivity index (χ4v) is 4.93. The molecule has 0 aliphatic heterocycles. The molecule has 0 saturated heterocycles. The molecular formula is C35H35F4N3O3. The summed E-state index contributed by atoms with van der Waals surface area (Å²) >= 11 is 0. The quantitative estimate of drug-likeness (QED) is 0.165. The van der Waals surface area contributed by atoms with E-state index in [9.17, 15) is 32.3 Å². The highest BCUT2D eigenvalue weighted by atomic mass is 19.4. The number of rotatable bonds is 12. The molecule has 0 saturated carbocycles. The Balaban J connectivity index is 1.48. The lowest BCUT2D eigenvalue weighted by atomic mass is 9.99. The first-order valence-corrected chi connectivity index (χ1v) is 14.5. The van der Waals surface area contributed by atoms with Gasteiger partial charge in [0.05, 0.1) is 29.3 Å². The number of halogens is 4. The number of hydrogen-bond donors (Lipinski definition) is 3. The van der Waals surface area contributed by atoms with Gasteiger partial charge in [0, 0.05) is 25.7 Å². The van der Waals surface area contributed by atoms with Crippen LogP contribution in [0.1, 0.15) is 55.9 Å². The van der Waals surface area contributed by atoms with E-state index < -0.39 is 41.5 Å². The number of benzene rings is 4. The highest BCUT2D eigenvalue weighted by Crippen LogP contribution is 2.29. The molecule has 0 unspecified atom stereocenters. The second-order valence-corrected chi connectivity index (χ2v) is 10.9. The van der Waals surface area contributed by atoms with Gasteiger partial charge in [-0.15, -0.1) is 0 Å².